The van der Waals surface area contributed by atoms with E-state index in [0.717, 1.165) is 11.1 Å². The van der Waals surface area contributed by atoms with Crippen LogP contribution in [0.15, 0.2) is 47.4 Å². The van der Waals surface area contributed by atoms with Gasteiger partial charge in [0.25, 0.3) is 0 Å². The monoisotopic (exact) mass is 360 g/mol. The van der Waals surface area contributed by atoms with Crippen molar-refractivity contribution in [3.05, 3.63) is 64.7 Å². The summed E-state index contributed by atoms with van der Waals surface area (Å²) in [5, 5.41) is 2.79. The van der Waals surface area contributed by atoms with Crippen LogP contribution < -0.4 is 10.0 Å². The Bertz CT molecular complexity index is 838. The summed E-state index contributed by atoms with van der Waals surface area (Å²) in [5.74, 6) is -0.373. The Hall–Kier alpha value is -2.18. The number of aryl methyl sites for hydroxylation is 3. The van der Waals surface area contributed by atoms with Crippen molar-refractivity contribution in [1.82, 2.24) is 10.0 Å². The average Bonchev–Trinajstić information content (AvgIpc) is 2.52. The Kier molecular flexibility index (Phi) is 5.98. The van der Waals surface area contributed by atoms with Crippen LogP contribution in [-0.2, 0) is 14.8 Å². The summed E-state index contributed by atoms with van der Waals surface area (Å²) >= 11 is 0. The Balaban J connectivity index is 2.04. The van der Waals surface area contributed by atoms with Crippen molar-refractivity contribution in [3.8, 4) is 0 Å². The van der Waals surface area contributed by atoms with E-state index in [1.54, 1.807) is 13.8 Å². The predicted molar refractivity (Wildman–Crippen MR) is 98.8 cm³/mol. The van der Waals surface area contributed by atoms with E-state index >= 15 is 0 Å². The number of hydrogen-bond donors (Lipinski definition) is 2. The Morgan fingerprint density at radius 1 is 1.04 bits per heavy atom. The quantitative estimate of drug-likeness (QED) is 0.832. The molecule has 134 valence electrons. The molecule has 0 spiro atoms. The van der Waals surface area contributed by atoms with Crippen molar-refractivity contribution in [2.75, 3.05) is 6.54 Å². The molecule has 0 heterocycles. The first kappa shape index (κ1) is 19.1. The molecule has 1 atom stereocenters. The third-order valence-electron chi connectivity index (χ3n) is 3.97. The standard InChI is InChI=1S/C19H24N2O3S/c1-13-10-14(2)19(15(3)11-13)25(23,24)20-12-18(22)21-16(4)17-8-6-5-7-9-17/h5-11,16,20H,12H2,1-4H3,(H,21,22)/t16-/m0/s1. The minimum Gasteiger partial charge on any atom is -0.348 e. The molecule has 5 nitrogen and oxygen atoms in total. The molecule has 6 heteroatoms. The molecule has 0 aliphatic carbocycles. The van der Waals surface area contributed by atoms with Crippen LogP contribution in [0.5, 0.6) is 0 Å². The fourth-order valence-electron chi connectivity index (χ4n) is 2.94. The average molecular weight is 360 g/mol. The van der Waals surface area contributed by atoms with Crippen LogP contribution in [0.25, 0.3) is 0 Å². The van der Waals surface area contributed by atoms with Crippen molar-refractivity contribution in [2.24, 2.45) is 0 Å². The molecule has 0 saturated carbocycles. The molecule has 25 heavy (non-hydrogen) atoms. The van der Waals surface area contributed by atoms with E-state index in [1.807, 2.05) is 56.3 Å². The smallest absolute Gasteiger partial charge is 0.241 e. The lowest BCUT2D eigenvalue weighted by molar-refractivity contribution is -0.120. The summed E-state index contributed by atoms with van der Waals surface area (Å²) < 4.78 is 27.5. The maximum atomic E-state index is 12.6. The van der Waals surface area contributed by atoms with Crippen LogP contribution in [0.4, 0.5) is 0 Å². The summed E-state index contributed by atoms with van der Waals surface area (Å²) in [6.07, 6.45) is 0. The second-order valence-corrected chi connectivity index (χ2v) is 7.96. The molecular formula is C19H24N2O3S. The first-order valence-electron chi connectivity index (χ1n) is 8.12. The maximum absolute atomic E-state index is 12.6. The van der Waals surface area contributed by atoms with E-state index in [1.165, 1.54) is 0 Å². The number of carbonyl (C=O) groups is 1. The minimum atomic E-state index is -3.74. The number of nitrogens with one attached hydrogen (secondary N) is 2. The zero-order valence-electron chi connectivity index (χ0n) is 15.0. The number of sulfonamides is 1. The Morgan fingerprint density at radius 3 is 2.16 bits per heavy atom. The lowest BCUT2D eigenvalue weighted by atomic mass is 10.1. The van der Waals surface area contributed by atoms with E-state index in [2.05, 4.69) is 10.0 Å². The topological polar surface area (TPSA) is 75.3 Å². The van der Waals surface area contributed by atoms with Gasteiger partial charge < -0.3 is 5.32 Å². The van der Waals surface area contributed by atoms with Gasteiger partial charge in [-0.3, -0.25) is 4.79 Å². The number of rotatable bonds is 6. The van der Waals surface area contributed by atoms with Gasteiger partial charge in [-0.15, -0.1) is 0 Å². The highest BCUT2D eigenvalue weighted by Gasteiger charge is 2.21. The van der Waals surface area contributed by atoms with Gasteiger partial charge in [-0.25, -0.2) is 13.1 Å². The molecule has 0 bridgehead atoms. The summed E-state index contributed by atoms with van der Waals surface area (Å²) in [7, 11) is -3.74. The fraction of sp³-hybridized carbons (Fsp3) is 0.316. The molecule has 2 rings (SSSR count). The highest BCUT2D eigenvalue weighted by Crippen LogP contribution is 2.21. The van der Waals surface area contributed by atoms with Gasteiger partial charge in [0.15, 0.2) is 0 Å². The zero-order valence-corrected chi connectivity index (χ0v) is 15.8. The minimum absolute atomic E-state index is 0.193. The highest BCUT2D eigenvalue weighted by atomic mass is 32.2. The molecule has 2 aromatic rings. The largest absolute Gasteiger partial charge is 0.348 e. The van der Waals surface area contributed by atoms with Crippen molar-refractivity contribution < 1.29 is 13.2 Å². The van der Waals surface area contributed by atoms with Gasteiger partial charge >= 0.3 is 0 Å². The number of hydrogen-bond acceptors (Lipinski definition) is 3. The van der Waals surface area contributed by atoms with Crippen molar-refractivity contribution in [3.63, 3.8) is 0 Å². The fourth-order valence-corrected chi connectivity index (χ4v) is 4.37. The molecule has 0 saturated heterocycles. The van der Waals surface area contributed by atoms with Crippen LogP contribution in [-0.4, -0.2) is 20.9 Å². The summed E-state index contributed by atoms with van der Waals surface area (Å²) in [6.45, 7) is 6.99. The Morgan fingerprint density at radius 2 is 1.60 bits per heavy atom. The third kappa shape index (κ3) is 4.90. The molecule has 0 aliphatic rings. The molecule has 2 N–H and O–H groups in total. The lowest BCUT2D eigenvalue weighted by Gasteiger charge is -2.16. The molecule has 0 aliphatic heterocycles. The molecular weight excluding hydrogens is 336 g/mol. The van der Waals surface area contributed by atoms with Crippen molar-refractivity contribution >= 4 is 15.9 Å². The van der Waals surface area contributed by atoms with Crippen LogP contribution in [0.3, 0.4) is 0 Å². The number of carbonyl (C=O) groups excluding carboxylic acids is 1. The maximum Gasteiger partial charge on any atom is 0.241 e. The van der Waals surface area contributed by atoms with E-state index < -0.39 is 10.0 Å². The predicted octanol–water partition coefficient (Wildman–Crippen LogP) is 2.77. The van der Waals surface area contributed by atoms with Gasteiger partial charge in [-0.2, -0.15) is 0 Å². The number of benzene rings is 2. The molecule has 2 aromatic carbocycles. The summed E-state index contributed by atoms with van der Waals surface area (Å²) in [5.41, 5.74) is 3.30. The van der Waals surface area contributed by atoms with Gasteiger partial charge in [0, 0.05) is 0 Å². The Labute approximate surface area is 149 Å². The second kappa shape index (κ2) is 7.80. The molecule has 0 fully saturated rings. The van der Waals surface area contributed by atoms with Gasteiger partial charge in [0.05, 0.1) is 17.5 Å². The summed E-state index contributed by atoms with van der Waals surface area (Å²) in [4.78, 5) is 12.3. The van der Waals surface area contributed by atoms with Crippen LogP contribution >= 0.6 is 0 Å². The SMILES string of the molecule is Cc1cc(C)c(S(=O)(=O)NCC(=O)N[C@@H](C)c2ccccc2)c(C)c1. The molecule has 1 amide bonds. The zero-order chi connectivity index (χ0) is 18.6. The van der Waals surface area contributed by atoms with Crippen LogP contribution in [0, 0.1) is 20.8 Å². The van der Waals surface area contributed by atoms with E-state index in [0.29, 0.717) is 11.1 Å². The molecule has 0 aromatic heterocycles. The second-order valence-electron chi connectivity index (χ2n) is 6.25. The van der Waals surface area contributed by atoms with Crippen molar-refractivity contribution in [1.29, 1.82) is 0 Å². The highest BCUT2D eigenvalue weighted by molar-refractivity contribution is 7.89. The number of amides is 1. The van der Waals surface area contributed by atoms with E-state index in [9.17, 15) is 13.2 Å². The van der Waals surface area contributed by atoms with Gasteiger partial charge in [-0.1, -0.05) is 48.0 Å². The lowest BCUT2D eigenvalue weighted by Crippen LogP contribution is -2.38. The van der Waals surface area contributed by atoms with Gasteiger partial charge in [-0.05, 0) is 44.4 Å². The van der Waals surface area contributed by atoms with Crippen LogP contribution in [0.2, 0.25) is 0 Å². The van der Waals surface area contributed by atoms with Crippen LogP contribution in [0.1, 0.15) is 35.2 Å². The van der Waals surface area contributed by atoms with E-state index in [-0.39, 0.29) is 23.4 Å². The third-order valence-corrected chi connectivity index (χ3v) is 5.68. The first-order valence-corrected chi connectivity index (χ1v) is 9.61. The molecule has 0 unspecified atom stereocenters. The van der Waals surface area contributed by atoms with Gasteiger partial charge in [0.1, 0.15) is 0 Å². The van der Waals surface area contributed by atoms with Crippen molar-refractivity contribution in [2.45, 2.75) is 38.6 Å². The van der Waals surface area contributed by atoms with E-state index in [4.69, 9.17) is 0 Å². The molecule has 0 radical (unpaired) electrons. The first-order chi connectivity index (χ1) is 11.7. The van der Waals surface area contributed by atoms with Gasteiger partial charge in [0.2, 0.25) is 15.9 Å². The normalized spacial score (nSPS) is 12.6. The summed E-state index contributed by atoms with van der Waals surface area (Å²) in [6, 6.07) is 13.0.